The fourth-order valence-electron chi connectivity index (χ4n) is 4.82. The van der Waals surface area contributed by atoms with Gasteiger partial charge in [0.2, 0.25) is 12.1 Å². The van der Waals surface area contributed by atoms with Crippen LogP contribution in [0.5, 0.6) is 0 Å². The molecule has 0 aliphatic rings. The lowest BCUT2D eigenvalue weighted by molar-refractivity contribution is -0.127. The first-order valence-electron chi connectivity index (χ1n) is 14.9. The SMILES string of the molecule is CC(=O)C(N=Nc1ccc(-c2ccc(N=NC(C(C)=O)C(=O)Nc3c(C)cccc3C)c(Cl)c2)cc1Cl)C(=O)Nc1c(C)cccc1C. The number of nitrogens with one attached hydrogen (secondary N) is 2. The van der Waals surface area contributed by atoms with Gasteiger partial charge in [-0.1, -0.05) is 71.7 Å². The van der Waals surface area contributed by atoms with E-state index in [0.717, 1.165) is 22.3 Å². The van der Waals surface area contributed by atoms with E-state index in [2.05, 4.69) is 31.1 Å². The van der Waals surface area contributed by atoms with Gasteiger partial charge in [-0.2, -0.15) is 20.5 Å². The van der Waals surface area contributed by atoms with Crippen molar-refractivity contribution in [3.8, 4) is 11.1 Å². The number of rotatable bonds is 11. The van der Waals surface area contributed by atoms with Gasteiger partial charge in [0.15, 0.2) is 11.6 Å². The molecular weight excluding hydrogens is 651 g/mol. The summed E-state index contributed by atoms with van der Waals surface area (Å²) in [6.07, 6.45) is 0. The number of para-hydroxylation sites is 2. The summed E-state index contributed by atoms with van der Waals surface area (Å²) in [5.74, 6) is -2.14. The molecule has 4 aromatic rings. The number of hydrogen-bond donors (Lipinski definition) is 2. The molecule has 246 valence electrons. The monoisotopic (exact) mass is 684 g/mol. The van der Waals surface area contributed by atoms with Gasteiger partial charge in [0.05, 0.1) is 10.0 Å². The first-order valence-corrected chi connectivity index (χ1v) is 15.7. The molecular formula is C36H34Cl2N6O4. The van der Waals surface area contributed by atoms with Crippen molar-refractivity contribution >= 4 is 69.3 Å². The summed E-state index contributed by atoms with van der Waals surface area (Å²) in [6.45, 7) is 9.98. The zero-order chi connectivity index (χ0) is 35.1. The number of aryl methyl sites for hydroxylation is 4. The van der Waals surface area contributed by atoms with Crippen LogP contribution in [-0.4, -0.2) is 35.5 Å². The molecule has 0 bridgehead atoms. The number of hydrogen-bond acceptors (Lipinski definition) is 8. The van der Waals surface area contributed by atoms with E-state index in [-0.39, 0.29) is 21.4 Å². The lowest BCUT2D eigenvalue weighted by Crippen LogP contribution is -2.32. The Balaban J connectivity index is 1.49. The second kappa shape index (κ2) is 15.7. The van der Waals surface area contributed by atoms with Gasteiger partial charge in [0.1, 0.15) is 11.4 Å². The smallest absolute Gasteiger partial charge is 0.258 e. The maximum Gasteiger partial charge on any atom is 0.258 e. The second-order valence-corrected chi connectivity index (χ2v) is 12.1. The van der Waals surface area contributed by atoms with E-state index in [1.165, 1.54) is 13.8 Å². The predicted molar refractivity (Wildman–Crippen MR) is 189 cm³/mol. The van der Waals surface area contributed by atoms with Crippen molar-refractivity contribution < 1.29 is 19.2 Å². The molecule has 10 nitrogen and oxygen atoms in total. The summed E-state index contributed by atoms with van der Waals surface area (Å²) in [5.41, 5.74) is 6.57. The van der Waals surface area contributed by atoms with Crippen LogP contribution in [0.4, 0.5) is 22.7 Å². The Bertz CT molecular complexity index is 1790. The zero-order valence-electron chi connectivity index (χ0n) is 27.3. The zero-order valence-corrected chi connectivity index (χ0v) is 28.8. The first kappa shape index (κ1) is 35.8. The number of nitrogens with zero attached hydrogens (tertiary/aromatic N) is 4. The minimum absolute atomic E-state index is 0.229. The van der Waals surface area contributed by atoms with Crippen molar-refractivity contribution in [3.05, 3.63) is 105 Å². The summed E-state index contributed by atoms with van der Waals surface area (Å²) in [4.78, 5) is 50.4. The highest BCUT2D eigenvalue weighted by molar-refractivity contribution is 6.34. The lowest BCUT2D eigenvalue weighted by atomic mass is 10.0. The van der Waals surface area contributed by atoms with Gasteiger partial charge in [0, 0.05) is 11.4 Å². The normalized spacial score (nSPS) is 12.6. The molecule has 0 fully saturated rings. The summed E-state index contributed by atoms with van der Waals surface area (Å²) in [6, 6.07) is 18.4. The van der Waals surface area contributed by atoms with Crippen LogP contribution < -0.4 is 10.6 Å². The Morgan fingerprint density at radius 2 is 0.896 bits per heavy atom. The highest BCUT2D eigenvalue weighted by Gasteiger charge is 2.25. The number of azo groups is 2. The Kier molecular flexibility index (Phi) is 11.7. The number of anilines is 2. The molecule has 0 aromatic heterocycles. The van der Waals surface area contributed by atoms with Crippen molar-refractivity contribution in [2.45, 2.75) is 53.6 Å². The number of halogens is 2. The molecule has 2 atom stereocenters. The van der Waals surface area contributed by atoms with Crippen molar-refractivity contribution in [1.29, 1.82) is 0 Å². The summed E-state index contributed by atoms with van der Waals surface area (Å²) >= 11 is 13.0. The molecule has 0 heterocycles. The van der Waals surface area contributed by atoms with Gasteiger partial charge in [-0.3, -0.25) is 19.2 Å². The Morgan fingerprint density at radius 3 is 1.19 bits per heavy atom. The van der Waals surface area contributed by atoms with Crippen LogP contribution in [0.25, 0.3) is 11.1 Å². The average Bonchev–Trinajstić information content (AvgIpc) is 3.02. The Morgan fingerprint density at radius 1 is 0.562 bits per heavy atom. The Hall–Kier alpha value is -5.06. The van der Waals surface area contributed by atoms with E-state index < -0.39 is 35.5 Å². The number of amides is 2. The van der Waals surface area contributed by atoms with Crippen LogP contribution in [0.3, 0.4) is 0 Å². The number of carbonyl (C=O) groups is 4. The van der Waals surface area contributed by atoms with Crippen LogP contribution in [0.1, 0.15) is 36.1 Å². The topological polar surface area (TPSA) is 142 Å². The molecule has 12 heteroatoms. The van der Waals surface area contributed by atoms with Gasteiger partial charge >= 0.3 is 0 Å². The van der Waals surface area contributed by atoms with Gasteiger partial charge in [-0.05, 0) is 99.2 Å². The molecule has 0 aliphatic heterocycles. The summed E-state index contributed by atoms with van der Waals surface area (Å²) < 4.78 is 0. The molecule has 0 spiro atoms. The molecule has 2 amide bonds. The standard InChI is InChI=1S/C36H34Cl2N6O4/c1-19-9-7-10-20(2)31(19)39-35(47)33(23(5)45)43-41-29-15-13-25(17-27(29)37)26-14-16-30(28(38)18-26)42-44-34(24(6)46)36(48)40-32-21(3)11-8-12-22(32)4/h7-18,33-34H,1-6H3,(H,39,47)(H,40,48). The third kappa shape index (κ3) is 8.64. The number of ketones is 2. The lowest BCUT2D eigenvalue weighted by Gasteiger charge is -2.14. The minimum Gasteiger partial charge on any atom is -0.323 e. The third-order valence-electron chi connectivity index (χ3n) is 7.52. The van der Waals surface area contributed by atoms with Crippen LogP contribution in [0.15, 0.2) is 93.3 Å². The molecule has 0 saturated heterocycles. The van der Waals surface area contributed by atoms with Crippen molar-refractivity contribution in [3.63, 3.8) is 0 Å². The summed E-state index contributed by atoms with van der Waals surface area (Å²) in [7, 11) is 0. The Labute approximate surface area is 288 Å². The fourth-order valence-corrected chi connectivity index (χ4v) is 5.25. The number of carbonyl (C=O) groups excluding carboxylic acids is 4. The van der Waals surface area contributed by atoms with Crippen LogP contribution in [0.2, 0.25) is 10.0 Å². The largest absolute Gasteiger partial charge is 0.323 e. The maximum absolute atomic E-state index is 12.9. The predicted octanol–water partition coefficient (Wildman–Crippen LogP) is 9.25. The van der Waals surface area contributed by atoms with Gasteiger partial charge in [-0.15, -0.1) is 0 Å². The molecule has 0 radical (unpaired) electrons. The molecule has 0 saturated carbocycles. The third-order valence-corrected chi connectivity index (χ3v) is 8.12. The first-order chi connectivity index (χ1) is 22.8. The number of Topliss-reactive ketones (excluding diaryl/α,β-unsaturated/α-hetero) is 2. The van der Waals surface area contributed by atoms with E-state index >= 15 is 0 Å². The van der Waals surface area contributed by atoms with E-state index in [1.807, 2.05) is 64.1 Å². The highest BCUT2D eigenvalue weighted by atomic mass is 35.5. The van der Waals surface area contributed by atoms with E-state index in [1.54, 1.807) is 36.4 Å². The molecule has 2 unspecified atom stereocenters. The van der Waals surface area contributed by atoms with Crippen molar-refractivity contribution in [1.82, 2.24) is 0 Å². The van der Waals surface area contributed by atoms with Gasteiger partial charge in [-0.25, -0.2) is 0 Å². The average molecular weight is 686 g/mol. The summed E-state index contributed by atoms with van der Waals surface area (Å²) in [5, 5.41) is 22.3. The second-order valence-electron chi connectivity index (χ2n) is 11.3. The van der Waals surface area contributed by atoms with Crippen LogP contribution >= 0.6 is 23.2 Å². The quantitative estimate of drug-likeness (QED) is 0.120. The van der Waals surface area contributed by atoms with Crippen LogP contribution in [0, 0.1) is 27.7 Å². The highest BCUT2D eigenvalue weighted by Crippen LogP contribution is 2.35. The van der Waals surface area contributed by atoms with E-state index in [4.69, 9.17) is 23.2 Å². The molecule has 48 heavy (non-hydrogen) atoms. The molecule has 0 aliphatic carbocycles. The number of benzene rings is 4. The van der Waals surface area contributed by atoms with Gasteiger partial charge < -0.3 is 10.6 Å². The van der Waals surface area contributed by atoms with Gasteiger partial charge in [0.25, 0.3) is 11.8 Å². The fraction of sp³-hybridized carbons (Fsp3) is 0.222. The molecule has 2 N–H and O–H groups in total. The van der Waals surface area contributed by atoms with E-state index in [9.17, 15) is 19.2 Å². The minimum atomic E-state index is -1.36. The maximum atomic E-state index is 12.9. The van der Waals surface area contributed by atoms with Crippen molar-refractivity contribution in [2.75, 3.05) is 10.6 Å². The molecule has 4 aromatic carbocycles. The van der Waals surface area contributed by atoms with E-state index in [0.29, 0.717) is 22.5 Å². The molecule has 4 rings (SSSR count). The van der Waals surface area contributed by atoms with Crippen LogP contribution in [-0.2, 0) is 19.2 Å². The van der Waals surface area contributed by atoms with Crippen molar-refractivity contribution in [2.24, 2.45) is 20.5 Å².